The van der Waals surface area contributed by atoms with Gasteiger partial charge in [-0.05, 0) is 47.5 Å². The van der Waals surface area contributed by atoms with Gasteiger partial charge in [0.15, 0.2) is 0 Å². The Kier molecular flexibility index (Phi) is 8.21. The van der Waals surface area contributed by atoms with Crippen molar-refractivity contribution in [1.29, 1.82) is 0 Å². The SMILES string of the molecule is CN(C)c1ccc(C(CNC(=O)NCc2ccc(F)cc2)N2CCN(c3ccccc3)CC2)cc1. The number of halogens is 1. The van der Waals surface area contributed by atoms with Gasteiger partial charge in [-0.25, -0.2) is 9.18 Å². The lowest BCUT2D eigenvalue weighted by Crippen LogP contribution is -2.50. The monoisotopic (exact) mass is 475 g/mol. The summed E-state index contributed by atoms with van der Waals surface area (Å²) >= 11 is 0. The first-order chi connectivity index (χ1) is 17.0. The van der Waals surface area contributed by atoms with Crippen molar-refractivity contribution >= 4 is 17.4 Å². The minimum atomic E-state index is -0.284. The molecule has 3 aromatic rings. The van der Waals surface area contributed by atoms with Crippen LogP contribution in [0.3, 0.4) is 0 Å². The molecule has 2 N–H and O–H groups in total. The van der Waals surface area contributed by atoms with Gasteiger partial charge < -0.3 is 20.4 Å². The molecule has 6 nitrogen and oxygen atoms in total. The lowest BCUT2D eigenvalue weighted by molar-refractivity contribution is 0.180. The summed E-state index contributed by atoms with van der Waals surface area (Å²) in [6.07, 6.45) is 0. The maximum Gasteiger partial charge on any atom is 0.315 e. The lowest BCUT2D eigenvalue weighted by Gasteiger charge is -2.40. The van der Waals surface area contributed by atoms with Crippen LogP contribution in [0.15, 0.2) is 78.9 Å². The van der Waals surface area contributed by atoms with Crippen molar-refractivity contribution in [3.63, 3.8) is 0 Å². The number of piperazine rings is 1. The molecule has 1 fully saturated rings. The van der Waals surface area contributed by atoms with Gasteiger partial charge in [-0.2, -0.15) is 0 Å². The van der Waals surface area contributed by atoms with Crippen molar-refractivity contribution < 1.29 is 9.18 Å². The molecule has 3 aromatic carbocycles. The maximum atomic E-state index is 13.1. The van der Waals surface area contributed by atoms with Crippen LogP contribution in [-0.2, 0) is 6.54 Å². The molecule has 1 unspecified atom stereocenters. The van der Waals surface area contributed by atoms with Gasteiger partial charge in [-0.3, -0.25) is 4.90 Å². The van der Waals surface area contributed by atoms with Crippen LogP contribution in [0.25, 0.3) is 0 Å². The first kappa shape index (κ1) is 24.5. The van der Waals surface area contributed by atoms with Crippen molar-refractivity contribution in [2.24, 2.45) is 0 Å². The number of urea groups is 1. The van der Waals surface area contributed by atoms with E-state index >= 15 is 0 Å². The van der Waals surface area contributed by atoms with Gasteiger partial charge in [0.05, 0.1) is 6.04 Å². The molecule has 0 spiro atoms. The Balaban J connectivity index is 1.39. The fourth-order valence-corrected chi connectivity index (χ4v) is 4.42. The summed E-state index contributed by atoms with van der Waals surface area (Å²) in [5, 5.41) is 5.93. The number of nitrogens with zero attached hydrogens (tertiary/aromatic N) is 3. The molecule has 0 bridgehead atoms. The van der Waals surface area contributed by atoms with Crippen molar-refractivity contribution in [1.82, 2.24) is 15.5 Å². The first-order valence-corrected chi connectivity index (χ1v) is 12.1. The number of carbonyl (C=O) groups is 1. The molecular formula is C28H34FN5O. The van der Waals surface area contributed by atoms with Gasteiger partial charge in [0.25, 0.3) is 0 Å². The van der Waals surface area contributed by atoms with E-state index in [1.54, 1.807) is 12.1 Å². The van der Waals surface area contributed by atoms with Crippen molar-refractivity contribution in [2.45, 2.75) is 12.6 Å². The smallest absolute Gasteiger partial charge is 0.315 e. The molecule has 0 aliphatic carbocycles. The second-order valence-electron chi connectivity index (χ2n) is 9.05. The highest BCUT2D eigenvalue weighted by Gasteiger charge is 2.26. The molecule has 35 heavy (non-hydrogen) atoms. The summed E-state index contributed by atoms with van der Waals surface area (Å²) in [6.45, 7) is 4.55. The van der Waals surface area contributed by atoms with E-state index in [0.29, 0.717) is 13.1 Å². The van der Waals surface area contributed by atoms with Crippen LogP contribution in [0, 0.1) is 5.82 Å². The largest absolute Gasteiger partial charge is 0.378 e. The van der Waals surface area contributed by atoms with Gasteiger partial charge in [0.2, 0.25) is 0 Å². The first-order valence-electron chi connectivity index (χ1n) is 12.1. The molecule has 1 atom stereocenters. The Morgan fingerprint density at radius 2 is 1.54 bits per heavy atom. The van der Waals surface area contributed by atoms with E-state index < -0.39 is 0 Å². The minimum absolute atomic E-state index is 0.0701. The van der Waals surface area contributed by atoms with E-state index in [0.717, 1.165) is 37.4 Å². The Morgan fingerprint density at radius 1 is 0.886 bits per heavy atom. The molecule has 0 aromatic heterocycles. The van der Waals surface area contributed by atoms with Gasteiger partial charge >= 0.3 is 6.03 Å². The highest BCUT2D eigenvalue weighted by molar-refractivity contribution is 5.73. The quantitative estimate of drug-likeness (QED) is 0.511. The zero-order valence-electron chi connectivity index (χ0n) is 20.5. The van der Waals surface area contributed by atoms with E-state index in [9.17, 15) is 9.18 Å². The van der Waals surface area contributed by atoms with Crippen molar-refractivity contribution in [3.05, 3.63) is 95.8 Å². The summed E-state index contributed by atoms with van der Waals surface area (Å²) in [4.78, 5) is 19.5. The number of hydrogen-bond donors (Lipinski definition) is 2. The number of rotatable bonds is 8. The Hall–Kier alpha value is -3.58. The Labute approximate surface area is 207 Å². The fourth-order valence-electron chi connectivity index (χ4n) is 4.42. The number of nitrogens with one attached hydrogen (secondary N) is 2. The third-order valence-corrected chi connectivity index (χ3v) is 6.49. The number of para-hydroxylation sites is 1. The molecule has 0 radical (unpaired) electrons. The van der Waals surface area contributed by atoms with E-state index in [-0.39, 0.29) is 17.9 Å². The number of carbonyl (C=O) groups excluding carboxylic acids is 1. The predicted molar refractivity (Wildman–Crippen MR) is 140 cm³/mol. The highest BCUT2D eigenvalue weighted by atomic mass is 19.1. The van der Waals surface area contributed by atoms with E-state index in [1.165, 1.54) is 23.4 Å². The zero-order chi connectivity index (χ0) is 24.6. The lowest BCUT2D eigenvalue weighted by atomic mass is 10.0. The average Bonchev–Trinajstić information content (AvgIpc) is 2.89. The molecule has 1 aliphatic rings. The van der Waals surface area contributed by atoms with Crippen LogP contribution < -0.4 is 20.4 Å². The van der Waals surface area contributed by atoms with Crippen LogP contribution in [0.1, 0.15) is 17.2 Å². The molecule has 184 valence electrons. The molecular weight excluding hydrogens is 441 g/mol. The number of amides is 2. The average molecular weight is 476 g/mol. The van der Waals surface area contributed by atoms with Crippen LogP contribution in [0.2, 0.25) is 0 Å². The third-order valence-electron chi connectivity index (χ3n) is 6.49. The molecule has 0 saturated carbocycles. The second kappa shape index (κ2) is 11.7. The number of hydrogen-bond acceptors (Lipinski definition) is 4. The molecule has 4 rings (SSSR count). The normalized spacial score (nSPS) is 14.9. The number of benzene rings is 3. The summed E-state index contributed by atoms with van der Waals surface area (Å²) in [7, 11) is 4.06. The van der Waals surface area contributed by atoms with E-state index in [1.807, 2.05) is 20.2 Å². The summed E-state index contributed by atoms with van der Waals surface area (Å²) in [5.74, 6) is -0.284. The Morgan fingerprint density at radius 3 is 2.17 bits per heavy atom. The Bertz CT molecular complexity index is 1060. The van der Waals surface area contributed by atoms with Crippen LogP contribution in [0.5, 0.6) is 0 Å². The maximum absolute atomic E-state index is 13.1. The fraction of sp³-hybridized carbons (Fsp3) is 0.321. The topological polar surface area (TPSA) is 50.9 Å². The minimum Gasteiger partial charge on any atom is -0.378 e. The molecule has 2 amide bonds. The van der Waals surface area contributed by atoms with Gasteiger partial charge in [0.1, 0.15) is 5.82 Å². The van der Waals surface area contributed by atoms with Gasteiger partial charge in [-0.1, -0.05) is 42.5 Å². The summed E-state index contributed by atoms with van der Waals surface area (Å²) < 4.78 is 13.1. The standard InChI is InChI=1S/C28H34FN5O/c1-32(2)25-14-10-23(11-15-25)27(21-31-28(35)30-20-22-8-12-24(29)13-9-22)34-18-16-33(17-19-34)26-6-4-3-5-7-26/h3-15,27H,16-21H2,1-2H3,(H2,30,31,35). The van der Waals surface area contributed by atoms with E-state index in [2.05, 4.69) is 73.9 Å². The number of anilines is 2. The molecule has 1 aliphatic heterocycles. The summed E-state index contributed by atoms with van der Waals surface area (Å²) in [5.41, 5.74) is 4.43. The van der Waals surface area contributed by atoms with Crippen molar-refractivity contribution in [3.8, 4) is 0 Å². The summed E-state index contributed by atoms with van der Waals surface area (Å²) in [6, 6.07) is 25.0. The van der Waals surface area contributed by atoms with Gasteiger partial charge in [0, 0.05) is 64.7 Å². The molecule has 1 saturated heterocycles. The van der Waals surface area contributed by atoms with Crippen LogP contribution >= 0.6 is 0 Å². The zero-order valence-corrected chi connectivity index (χ0v) is 20.5. The van der Waals surface area contributed by atoms with E-state index in [4.69, 9.17) is 0 Å². The van der Waals surface area contributed by atoms with Crippen LogP contribution in [-0.4, -0.2) is 57.8 Å². The second-order valence-corrected chi connectivity index (χ2v) is 9.05. The van der Waals surface area contributed by atoms with Crippen LogP contribution in [0.4, 0.5) is 20.6 Å². The van der Waals surface area contributed by atoms with Crippen molar-refractivity contribution in [2.75, 3.05) is 56.6 Å². The van der Waals surface area contributed by atoms with Gasteiger partial charge in [-0.15, -0.1) is 0 Å². The molecule has 1 heterocycles. The highest BCUT2D eigenvalue weighted by Crippen LogP contribution is 2.25. The third kappa shape index (κ3) is 6.73. The predicted octanol–water partition coefficient (Wildman–Crippen LogP) is 4.25. The molecule has 7 heteroatoms.